The summed E-state index contributed by atoms with van der Waals surface area (Å²) < 4.78 is 38.3. The zero-order valence-corrected chi connectivity index (χ0v) is 11.6. The number of aliphatic hydroxyl groups excluding tert-OH is 1. The molecular formula is C12H15BrF3NO. The highest BCUT2D eigenvalue weighted by Crippen LogP contribution is 2.34. The molecule has 0 saturated carbocycles. The maximum absolute atomic E-state index is 12.6. The lowest BCUT2D eigenvalue weighted by Gasteiger charge is -2.24. The quantitative estimate of drug-likeness (QED) is 0.893. The van der Waals surface area contributed by atoms with Gasteiger partial charge in [-0.2, -0.15) is 13.2 Å². The Kier molecular flexibility index (Phi) is 4.80. The molecule has 1 aromatic carbocycles. The summed E-state index contributed by atoms with van der Waals surface area (Å²) in [6.45, 7) is 3.51. The fraction of sp³-hybridized carbons (Fsp3) is 0.500. The second-order valence-corrected chi connectivity index (χ2v) is 5.35. The molecule has 1 rings (SSSR count). The Labute approximate surface area is 112 Å². The van der Waals surface area contributed by atoms with Crippen molar-refractivity contribution < 1.29 is 18.3 Å². The van der Waals surface area contributed by atoms with Crippen molar-refractivity contribution in [1.82, 2.24) is 0 Å². The van der Waals surface area contributed by atoms with Gasteiger partial charge < -0.3 is 10.8 Å². The molecule has 0 radical (unpaired) electrons. The molecule has 0 aliphatic heterocycles. The number of rotatable bonds is 3. The van der Waals surface area contributed by atoms with E-state index in [1.54, 1.807) is 13.8 Å². The van der Waals surface area contributed by atoms with Gasteiger partial charge in [0.2, 0.25) is 0 Å². The fourth-order valence-corrected chi connectivity index (χ4v) is 2.09. The summed E-state index contributed by atoms with van der Waals surface area (Å²) in [7, 11) is 0. The zero-order chi connectivity index (χ0) is 14.1. The molecule has 2 nitrogen and oxygen atoms in total. The second-order valence-electron chi connectivity index (χ2n) is 4.49. The maximum Gasteiger partial charge on any atom is 0.416 e. The lowest BCUT2D eigenvalue weighted by molar-refractivity contribution is -0.137. The summed E-state index contributed by atoms with van der Waals surface area (Å²) in [4.78, 5) is 0. The van der Waals surface area contributed by atoms with Crippen molar-refractivity contribution >= 4 is 15.9 Å². The monoisotopic (exact) mass is 325 g/mol. The van der Waals surface area contributed by atoms with Crippen LogP contribution in [0.15, 0.2) is 22.7 Å². The van der Waals surface area contributed by atoms with Gasteiger partial charge in [0.1, 0.15) is 0 Å². The Morgan fingerprint density at radius 3 is 2.28 bits per heavy atom. The first-order valence-electron chi connectivity index (χ1n) is 5.45. The van der Waals surface area contributed by atoms with Gasteiger partial charge in [-0.15, -0.1) is 0 Å². The van der Waals surface area contributed by atoms with Crippen LogP contribution in [0.3, 0.4) is 0 Å². The van der Waals surface area contributed by atoms with Gasteiger partial charge in [0.15, 0.2) is 0 Å². The lowest BCUT2D eigenvalue weighted by atomic mass is 9.93. The number of hydrogen-bond acceptors (Lipinski definition) is 2. The molecule has 6 heteroatoms. The van der Waals surface area contributed by atoms with Gasteiger partial charge in [0.05, 0.1) is 17.7 Å². The molecule has 3 N–H and O–H groups in total. The summed E-state index contributed by atoms with van der Waals surface area (Å²) in [5, 5.41) is 9.84. The van der Waals surface area contributed by atoms with E-state index in [9.17, 15) is 18.3 Å². The first-order valence-corrected chi connectivity index (χ1v) is 6.24. The van der Waals surface area contributed by atoms with Crippen LogP contribution in [0.1, 0.15) is 31.0 Å². The molecule has 0 unspecified atom stereocenters. The number of aliphatic hydroxyl groups is 1. The Morgan fingerprint density at radius 1 is 1.28 bits per heavy atom. The number of hydrogen-bond donors (Lipinski definition) is 2. The van der Waals surface area contributed by atoms with E-state index in [0.717, 1.165) is 12.1 Å². The molecule has 0 spiro atoms. The predicted octanol–water partition coefficient (Wildman–Crippen LogP) is 3.48. The van der Waals surface area contributed by atoms with E-state index >= 15 is 0 Å². The minimum atomic E-state index is -4.42. The molecular weight excluding hydrogens is 311 g/mol. The van der Waals surface area contributed by atoms with Crippen molar-refractivity contribution in [2.24, 2.45) is 11.7 Å². The molecule has 2 atom stereocenters. The van der Waals surface area contributed by atoms with Gasteiger partial charge in [-0.1, -0.05) is 29.8 Å². The van der Waals surface area contributed by atoms with Crippen LogP contribution in [0.25, 0.3) is 0 Å². The average molecular weight is 326 g/mol. The van der Waals surface area contributed by atoms with Gasteiger partial charge >= 0.3 is 6.18 Å². The Hall–Kier alpha value is -0.590. The Bertz CT molecular complexity index is 420. The minimum absolute atomic E-state index is 0.138. The van der Waals surface area contributed by atoms with Crippen molar-refractivity contribution in [3.63, 3.8) is 0 Å². The van der Waals surface area contributed by atoms with E-state index in [1.807, 2.05) is 0 Å². The fourth-order valence-electron chi connectivity index (χ4n) is 1.57. The van der Waals surface area contributed by atoms with Gasteiger partial charge in [0, 0.05) is 4.47 Å². The van der Waals surface area contributed by atoms with Crippen LogP contribution < -0.4 is 5.73 Å². The van der Waals surface area contributed by atoms with E-state index in [-0.39, 0.29) is 11.5 Å². The molecule has 0 aliphatic rings. The number of halogens is 4. The van der Waals surface area contributed by atoms with Gasteiger partial charge in [-0.25, -0.2) is 0 Å². The molecule has 102 valence electrons. The highest BCUT2D eigenvalue weighted by Gasteiger charge is 2.32. The molecule has 0 amide bonds. The van der Waals surface area contributed by atoms with Gasteiger partial charge in [-0.3, -0.25) is 0 Å². The molecule has 0 bridgehead atoms. The van der Waals surface area contributed by atoms with Gasteiger partial charge in [-0.05, 0) is 29.7 Å². The van der Waals surface area contributed by atoms with E-state index in [1.165, 1.54) is 6.07 Å². The van der Waals surface area contributed by atoms with Crippen LogP contribution in [-0.2, 0) is 6.18 Å². The van der Waals surface area contributed by atoms with Crippen LogP contribution in [0, 0.1) is 5.92 Å². The molecule has 0 aromatic heterocycles. The third-order valence-electron chi connectivity index (χ3n) is 2.73. The molecule has 0 saturated heterocycles. The van der Waals surface area contributed by atoms with Crippen LogP contribution in [0.5, 0.6) is 0 Å². The molecule has 0 fully saturated rings. The Balaban J connectivity index is 3.16. The van der Waals surface area contributed by atoms with Crippen LogP contribution >= 0.6 is 15.9 Å². The SMILES string of the molecule is CC(C)[C@@H](O)[C@@H](N)c1cc(C(F)(F)F)ccc1Br. The topological polar surface area (TPSA) is 46.2 Å². The first kappa shape index (κ1) is 15.5. The van der Waals surface area contributed by atoms with E-state index in [2.05, 4.69) is 15.9 Å². The van der Waals surface area contributed by atoms with Crippen molar-refractivity contribution in [2.45, 2.75) is 32.2 Å². The standard InChI is InChI=1S/C12H15BrF3NO/c1-6(2)11(18)10(17)8-5-7(12(14,15)16)3-4-9(8)13/h3-6,10-11,18H,17H2,1-2H3/t10-,11+/m0/s1. The van der Waals surface area contributed by atoms with E-state index in [0.29, 0.717) is 4.47 Å². The number of nitrogens with two attached hydrogens (primary N) is 1. The zero-order valence-electron chi connectivity index (χ0n) is 10.0. The predicted molar refractivity (Wildman–Crippen MR) is 66.9 cm³/mol. The van der Waals surface area contributed by atoms with Crippen LogP contribution in [0.4, 0.5) is 13.2 Å². The maximum atomic E-state index is 12.6. The molecule has 0 heterocycles. The highest BCUT2D eigenvalue weighted by molar-refractivity contribution is 9.10. The van der Waals surface area contributed by atoms with Crippen LogP contribution in [-0.4, -0.2) is 11.2 Å². The van der Waals surface area contributed by atoms with E-state index in [4.69, 9.17) is 5.73 Å². The minimum Gasteiger partial charge on any atom is -0.391 e. The van der Waals surface area contributed by atoms with Crippen molar-refractivity contribution in [3.8, 4) is 0 Å². The van der Waals surface area contributed by atoms with Crippen molar-refractivity contribution in [1.29, 1.82) is 0 Å². The Morgan fingerprint density at radius 2 is 1.83 bits per heavy atom. The largest absolute Gasteiger partial charge is 0.416 e. The normalized spacial score (nSPS) is 15.8. The summed E-state index contributed by atoms with van der Waals surface area (Å²) in [5.41, 5.74) is 5.29. The van der Waals surface area contributed by atoms with Crippen LogP contribution in [0.2, 0.25) is 0 Å². The summed E-state index contributed by atoms with van der Waals surface area (Å²) in [6, 6.07) is 2.38. The molecule has 18 heavy (non-hydrogen) atoms. The second kappa shape index (κ2) is 5.59. The molecule has 0 aliphatic carbocycles. The van der Waals surface area contributed by atoms with Crippen molar-refractivity contribution in [3.05, 3.63) is 33.8 Å². The summed E-state index contributed by atoms with van der Waals surface area (Å²) >= 11 is 3.16. The highest BCUT2D eigenvalue weighted by atomic mass is 79.9. The third-order valence-corrected chi connectivity index (χ3v) is 3.46. The average Bonchev–Trinajstić information content (AvgIpc) is 2.26. The summed E-state index contributed by atoms with van der Waals surface area (Å²) in [6.07, 6.45) is -5.32. The third kappa shape index (κ3) is 3.46. The molecule has 1 aromatic rings. The lowest BCUT2D eigenvalue weighted by Crippen LogP contribution is -2.31. The van der Waals surface area contributed by atoms with E-state index < -0.39 is 23.9 Å². The smallest absolute Gasteiger partial charge is 0.391 e. The number of alkyl halides is 3. The van der Waals surface area contributed by atoms with Crippen molar-refractivity contribution in [2.75, 3.05) is 0 Å². The van der Waals surface area contributed by atoms with Gasteiger partial charge in [0.25, 0.3) is 0 Å². The number of benzene rings is 1. The first-order chi connectivity index (χ1) is 8.14. The summed E-state index contributed by atoms with van der Waals surface area (Å²) in [5.74, 6) is -0.138.